The summed E-state index contributed by atoms with van der Waals surface area (Å²) in [6, 6.07) is 58.7. The van der Waals surface area contributed by atoms with Gasteiger partial charge in [-0.05, 0) is 116 Å². The largest absolute Gasteiger partial charge is 0.501 e. The normalized spacial score (nSPS) is 13.3. The van der Waals surface area contributed by atoms with Crippen molar-refractivity contribution >= 4 is 54.5 Å². The van der Waals surface area contributed by atoms with Gasteiger partial charge in [0.25, 0.3) is 0 Å². The van der Waals surface area contributed by atoms with Gasteiger partial charge in [-0.2, -0.15) is 0 Å². The third-order valence-corrected chi connectivity index (χ3v) is 11.7. The van der Waals surface area contributed by atoms with Crippen LogP contribution in [0.3, 0.4) is 0 Å². The van der Waals surface area contributed by atoms with E-state index in [1.54, 1.807) is 30.3 Å². The monoisotopic (exact) mass is 1000 g/mol. The summed E-state index contributed by atoms with van der Waals surface area (Å²) >= 11 is 0. The van der Waals surface area contributed by atoms with Gasteiger partial charge in [-0.25, -0.2) is 0 Å². The Labute approximate surface area is 391 Å². The number of benzene rings is 8. The molecule has 0 aliphatic carbocycles. The molecule has 0 atom stereocenters. The van der Waals surface area contributed by atoms with Gasteiger partial charge in [0, 0.05) is 45.6 Å². The fourth-order valence-corrected chi connectivity index (χ4v) is 8.64. The molecular formula is C58H47IrN3O-2. The van der Waals surface area contributed by atoms with Crippen LogP contribution in [0, 0.1) is 25.8 Å². The molecule has 11 rings (SSSR count). The summed E-state index contributed by atoms with van der Waals surface area (Å²) in [6.45, 7) is 4.32. The molecule has 0 unspecified atom stereocenters. The first-order valence-corrected chi connectivity index (χ1v) is 21.0. The molecule has 0 spiro atoms. The van der Waals surface area contributed by atoms with Crippen LogP contribution in [0.4, 0.5) is 0 Å². The molecule has 0 bridgehead atoms. The molecule has 5 heteroatoms. The van der Waals surface area contributed by atoms with Crippen molar-refractivity contribution in [2.45, 2.75) is 53.2 Å². The van der Waals surface area contributed by atoms with Gasteiger partial charge in [0.1, 0.15) is 5.58 Å². The minimum Gasteiger partial charge on any atom is -0.501 e. The van der Waals surface area contributed by atoms with Crippen LogP contribution in [0.5, 0.6) is 0 Å². The van der Waals surface area contributed by atoms with Crippen LogP contribution in [-0.2, 0) is 20.1 Å². The Morgan fingerprint density at radius 2 is 1.40 bits per heavy atom. The maximum Gasteiger partial charge on any atom is 0.121 e. The number of hydrogen-bond acceptors (Lipinski definition) is 3. The number of fused-ring (bicyclic) bond motifs is 7. The summed E-state index contributed by atoms with van der Waals surface area (Å²) in [5.74, 6) is 0.840. The zero-order valence-corrected chi connectivity index (χ0v) is 37.7. The van der Waals surface area contributed by atoms with E-state index in [0.717, 1.165) is 66.3 Å². The van der Waals surface area contributed by atoms with Gasteiger partial charge in [-0.1, -0.05) is 130 Å². The van der Waals surface area contributed by atoms with Gasteiger partial charge >= 0.3 is 0 Å². The maximum atomic E-state index is 8.65. The maximum absolute atomic E-state index is 8.65. The van der Waals surface area contributed by atoms with Crippen molar-refractivity contribution in [3.8, 4) is 39.5 Å². The van der Waals surface area contributed by atoms with E-state index in [2.05, 4.69) is 134 Å². The number of hydrogen-bond donors (Lipinski definition) is 0. The Morgan fingerprint density at radius 3 is 2.13 bits per heavy atom. The molecule has 0 aliphatic rings. The SMILES string of the molecule is [2H]C([2H])([2H])c1ccc(-c2[c-]cccc2)nc1.[2H]C([2H])([2H])c1cccc2nc(-c3[c-]ccc4c3oc3cc5c(ccc6ccccc65)cc34)n(-c3c(C(C)C)cc(-c4ccccc4)cc3C(C)C)c12.[Ir]. The van der Waals surface area contributed by atoms with Crippen LogP contribution in [0.25, 0.3) is 94.0 Å². The fraction of sp³-hybridized carbons (Fsp3) is 0.138. The summed E-state index contributed by atoms with van der Waals surface area (Å²) in [5.41, 5.74) is 10.9. The predicted molar refractivity (Wildman–Crippen MR) is 259 cm³/mol. The van der Waals surface area contributed by atoms with Crippen molar-refractivity contribution in [1.82, 2.24) is 14.5 Å². The number of aryl methyl sites for hydroxylation is 2. The number of para-hydroxylation sites is 1. The summed E-state index contributed by atoms with van der Waals surface area (Å²) in [5, 5.41) is 6.59. The summed E-state index contributed by atoms with van der Waals surface area (Å²) in [4.78, 5) is 9.38. The Kier molecular flexibility index (Phi) is 9.55. The van der Waals surface area contributed by atoms with Crippen molar-refractivity contribution in [3.63, 3.8) is 0 Å². The van der Waals surface area contributed by atoms with Crippen molar-refractivity contribution < 1.29 is 32.7 Å². The van der Waals surface area contributed by atoms with Gasteiger partial charge < -0.3 is 14.0 Å². The van der Waals surface area contributed by atoms with Gasteiger partial charge in [0.15, 0.2) is 0 Å². The zero-order chi connectivity index (χ0) is 47.5. The smallest absolute Gasteiger partial charge is 0.121 e. The number of pyridine rings is 1. The molecular weight excluding hydrogens is 947 g/mol. The second-order valence-corrected chi connectivity index (χ2v) is 16.4. The topological polar surface area (TPSA) is 43.9 Å². The standard InChI is InChI=1S/C46H37N2O.C12H10N.Ir/c1-27(2)37-24-33(30-14-7-6-8-15-30)25-38(28(3)4)44(37)48-43-29(5)13-11-20-41(43)47-46(48)36-19-12-18-35-40-23-32-22-21-31-16-9-10-17-34(31)39(32)26-42(40)49-45(35)36;1-10-7-8-12(13-9-10)11-5-3-2-4-6-11;/h6-18,20-28H,1-5H3;2-5,7-9H,1H3;/q2*-1;/i5D3;1D3;. The molecule has 1 radical (unpaired) electrons. The first-order valence-electron chi connectivity index (χ1n) is 24.0. The van der Waals surface area contributed by atoms with Crippen molar-refractivity contribution in [3.05, 3.63) is 198 Å². The zero-order valence-electron chi connectivity index (χ0n) is 41.3. The average molecular weight is 1000 g/mol. The van der Waals surface area contributed by atoms with Crippen LogP contribution in [0.2, 0.25) is 0 Å². The average Bonchev–Trinajstić information content (AvgIpc) is 3.91. The molecule has 11 aromatic rings. The minimum atomic E-state index is -2.37. The quantitative estimate of drug-likeness (QED) is 0.123. The first kappa shape index (κ1) is 34.9. The molecule has 3 aromatic heterocycles. The number of aromatic nitrogens is 3. The number of imidazole rings is 1. The van der Waals surface area contributed by atoms with E-state index in [4.69, 9.17) is 17.6 Å². The van der Waals surface area contributed by atoms with Crippen LogP contribution in [-0.4, -0.2) is 14.5 Å². The van der Waals surface area contributed by atoms with E-state index >= 15 is 0 Å². The van der Waals surface area contributed by atoms with E-state index in [0.29, 0.717) is 28.0 Å². The molecule has 0 amide bonds. The third kappa shape index (κ3) is 7.67. The number of furan rings is 1. The second-order valence-electron chi connectivity index (χ2n) is 16.4. The van der Waals surface area contributed by atoms with E-state index in [1.807, 2.05) is 42.5 Å². The summed E-state index contributed by atoms with van der Waals surface area (Å²) < 4.78 is 56.6. The Balaban J connectivity index is 0.000000296. The van der Waals surface area contributed by atoms with E-state index in [-0.39, 0.29) is 43.1 Å². The van der Waals surface area contributed by atoms with Gasteiger partial charge in [0.05, 0.1) is 22.4 Å². The Bertz CT molecular complexity index is 3620. The number of rotatable bonds is 6. The summed E-state index contributed by atoms with van der Waals surface area (Å²) in [7, 11) is 0. The molecule has 0 aliphatic heterocycles. The third-order valence-electron chi connectivity index (χ3n) is 11.7. The molecule has 0 fully saturated rings. The van der Waals surface area contributed by atoms with Crippen LogP contribution >= 0.6 is 0 Å². The van der Waals surface area contributed by atoms with Gasteiger partial charge in [-0.3, -0.25) is 4.98 Å². The molecule has 0 saturated carbocycles. The molecule has 4 nitrogen and oxygen atoms in total. The van der Waals surface area contributed by atoms with Gasteiger partial charge in [0.2, 0.25) is 0 Å². The Morgan fingerprint density at radius 1 is 0.619 bits per heavy atom. The van der Waals surface area contributed by atoms with Crippen molar-refractivity contribution in [2.24, 2.45) is 0 Å². The Hall–Kier alpha value is -6.65. The molecule has 311 valence electrons. The predicted octanol–water partition coefficient (Wildman–Crippen LogP) is 15.8. The fourth-order valence-electron chi connectivity index (χ4n) is 8.64. The van der Waals surface area contributed by atoms with Gasteiger partial charge in [-0.15, -0.1) is 54.1 Å². The molecule has 0 saturated heterocycles. The molecule has 3 heterocycles. The number of nitrogens with zero attached hydrogens (tertiary/aromatic N) is 3. The molecule has 0 N–H and O–H groups in total. The van der Waals surface area contributed by atoms with Crippen LogP contribution < -0.4 is 0 Å². The van der Waals surface area contributed by atoms with Crippen LogP contribution in [0.15, 0.2) is 168 Å². The summed E-state index contributed by atoms with van der Waals surface area (Å²) in [6.07, 6.45) is 1.39. The molecule has 8 aromatic carbocycles. The van der Waals surface area contributed by atoms with E-state index in [9.17, 15) is 0 Å². The minimum absolute atomic E-state index is 0. The van der Waals surface area contributed by atoms with Crippen molar-refractivity contribution in [1.29, 1.82) is 0 Å². The van der Waals surface area contributed by atoms with E-state index in [1.165, 1.54) is 17.0 Å². The van der Waals surface area contributed by atoms with Crippen molar-refractivity contribution in [2.75, 3.05) is 0 Å². The first-order chi connectivity index (χ1) is 32.7. The molecule has 63 heavy (non-hydrogen) atoms. The second kappa shape index (κ2) is 17.3. The van der Waals surface area contributed by atoms with Crippen LogP contribution in [0.1, 0.15) is 70.0 Å². The van der Waals surface area contributed by atoms with E-state index < -0.39 is 13.7 Å².